The van der Waals surface area contributed by atoms with Gasteiger partial charge in [-0.2, -0.15) is 0 Å². The highest BCUT2D eigenvalue weighted by Crippen LogP contribution is 2.24. The van der Waals surface area contributed by atoms with Crippen LogP contribution in [0.2, 0.25) is 0 Å². The van der Waals surface area contributed by atoms with E-state index < -0.39 is 0 Å². The van der Waals surface area contributed by atoms with Crippen molar-refractivity contribution in [3.63, 3.8) is 0 Å². The van der Waals surface area contributed by atoms with Gasteiger partial charge in [0.05, 0.1) is 10.9 Å². The highest BCUT2D eigenvalue weighted by molar-refractivity contribution is 9.10. The lowest BCUT2D eigenvalue weighted by molar-refractivity contribution is 1.17. The van der Waals surface area contributed by atoms with Crippen molar-refractivity contribution in [2.45, 2.75) is 0 Å². The summed E-state index contributed by atoms with van der Waals surface area (Å²) in [6.45, 7) is 0. The molecule has 19 heavy (non-hydrogen) atoms. The maximum Gasteiger partial charge on any atom is 0.258 e. The van der Waals surface area contributed by atoms with E-state index in [0.29, 0.717) is 5.39 Å². The minimum atomic E-state index is -0.0624. The Morgan fingerprint density at radius 3 is 2.79 bits per heavy atom. The van der Waals surface area contributed by atoms with Gasteiger partial charge in [0.1, 0.15) is 5.65 Å². The summed E-state index contributed by atoms with van der Waals surface area (Å²) in [7, 11) is 0. The van der Waals surface area contributed by atoms with E-state index in [0.717, 1.165) is 26.4 Å². The van der Waals surface area contributed by atoms with Crippen molar-refractivity contribution in [2.24, 2.45) is 0 Å². The lowest BCUT2D eigenvalue weighted by Gasteiger charge is -2.02. The number of fused-ring (bicyclic) bond motifs is 5. The number of H-pyrrole nitrogens is 1. The molecule has 1 N–H and O–H groups in total. The van der Waals surface area contributed by atoms with Crippen LogP contribution in [-0.4, -0.2) is 9.38 Å². The van der Waals surface area contributed by atoms with E-state index in [1.807, 2.05) is 46.9 Å². The first-order valence-corrected chi connectivity index (χ1v) is 6.75. The molecule has 2 aromatic heterocycles. The molecule has 0 amide bonds. The van der Waals surface area contributed by atoms with Crippen LogP contribution >= 0.6 is 15.9 Å². The SMILES string of the molecule is O=c1[nH]c2c3ccccc3cn2c2ccc(Br)cc12. The minimum Gasteiger partial charge on any atom is -0.307 e. The molecule has 0 bridgehead atoms. The van der Waals surface area contributed by atoms with Crippen LogP contribution in [0.3, 0.4) is 0 Å². The number of aromatic nitrogens is 2. The van der Waals surface area contributed by atoms with Crippen molar-refractivity contribution < 1.29 is 0 Å². The van der Waals surface area contributed by atoms with Gasteiger partial charge < -0.3 is 9.38 Å². The number of rotatable bonds is 0. The fraction of sp³-hybridized carbons (Fsp3) is 0. The summed E-state index contributed by atoms with van der Waals surface area (Å²) in [5.41, 5.74) is 1.70. The van der Waals surface area contributed by atoms with Crippen molar-refractivity contribution >= 4 is 43.3 Å². The van der Waals surface area contributed by atoms with Crippen molar-refractivity contribution in [3.05, 3.63) is 63.5 Å². The predicted molar refractivity (Wildman–Crippen MR) is 80.7 cm³/mol. The summed E-state index contributed by atoms with van der Waals surface area (Å²) in [4.78, 5) is 15.2. The Hall–Kier alpha value is -2.07. The molecule has 2 aromatic carbocycles. The van der Waals surface area contributed by atoms with Gasteiger partial charge in [0.2, 0.25) is 0 Å². The molecular formula is C15H9BrN2O. The third-order valence-electron chi connectivity index (χ3n) is 3.42. The second-order valence-electron chi connectivity index (χ2n) is 4.55. The van der Waals surface area contributed by atoms with E-state index in [4.69, 9.17) is 0 Å². The lowest BCUT2D eigenvalue weighted by atomic mass is 10.2. The highest BCUT2D eigenvalue weighted by Gasteiger charge is 2.08. The van der Waals surface area contributed by atoms with Crippen LogP contribution in [0.15, 0.2) is 57.9 Å². The molecule has 4 heteroatoms. The van der Waals surface area contributed by atoms with Gasteiger partial charge >= 0.3 is 0 Å². The van der Waals surface area contributed by atoms with Gasteiger partial charge in [0.15, 0.2) is 0 Å². The van der Waals surface area contributed by atoms with Crippen LogP contribution in [0, 0.1) is 0 Å². The molecule has 0 radical (unpaired) electrons. The van der Waals surface area contributed by atoms with E-state index in [9.17, 15) is 4.79 Å². The molecule has 0 aliphatic carbocycles. The second kappa shape index (κ2) is 3.71. The van der Waals surface area contributed by atoms with Gasteiger partial charge in [-0.05, 0) is 18.2 Å². The van der Waals surface area contributed by atoms with Gasteiger partial charge in [-0.25, -0.2) is 0 Å². The van der Waals surface area contributed by atoms with E-state index in [1.165, 1.54) is 0 Å². The number of nitrogens with one attached hydrogen (secondary N) is 1. The molecule has 0 unspecified atom stereocenters. The smallest absolute Gasteiger partial charge is 0.258 e. The Labute approximate surface area is 116 Å². The maximum atomic E-state index is 12.2. The normalized spacial score (nSPS) is 11.6. The molecular weight excluding hydrogens is 304 g/mol. The molecule has 0 aliphatic heterocycles. The summed E-state index contributed by atoms with van der Waals surface area (Å²) >= 11 is 3.40. The Kier molecular flexibility index (Phi) is 2.11. The third kappa shape index (κ3) is 1.47. The van der Waals surface area contributed by atoms with Crippen molar-refractivity contribution in [1.29, 1.82) is 0 Å². The predicted octanol–water partition coefficient (Wildman–Crippen LogP) is 3.70. The van der Waals surface area contributed by atoms with Crippen LogP contribution in [0.25, 0.3) is 27.3 Å². The van der Waals surface area contributed by atoms with Gasteiger partial charge in [-0.3, -0.25) is 4.79 Å². The lowest BCUT2D eigenvalue weighted by Crippen LogP contribution is -2.09. The van der Waals surface area contributed by atoms with Gasteiger partial charge in [0, 0.05) is 21.4 Å². The summed E-state index contributed by atoms with van der Waals surface area (Å²) in [6.07, 6.45) is 2.05. The van der Waals surface area contributed by atoms with Crippen LogP contribution in [0.4, 0.5) is 0 Å². The first kappa shape index (κ1) is 10.8. The molecule has 0 aliphatic rings. The highest BCUT2D eigenvalue weighted by atomic mass is 79.9. The van der Waals surface area contributed by atoms with E-state index in [2.05, 4.69) is 27.1 Å². The summed E-state index contributed by atoms with van der Waals surface area (Å²) < 4.78 is 2.94. The van der Waals surface area contributed by atoms with Gasteiger partial charge in [0.25, 0.3) is 5.56 Å². The molecule has 3 nitrogen and oxygen atoms in total. The summed E-state index contributed by atoms with van der Waals surface area (Å²) in [5.74, 6) is 0. The minimum absolute atomic E-state index is 0.0624. The monoisotopic (exact) mass is 312 g/mol. The molecule has 2 heterocycles. The average Bonchev–Trinajstić information content (AvgIpc) is 2.78. The fourth-order valence-electron chi connectivity index (χ4n) is 2.55. The number of benzene rings is 2. The number of halogens is 1. The topological polar surface area (TPSA) is 37.3 Å². The van der Waals surface area contributed by atoms with Crippen molar-refractivity contribution in [1.82, 2.24) is 9.38 Å². The third-order valence-corrected chi connectivity index (χ3v) is 3.91. The number of hydrogen-bond acceptors (Lipinski definition) is 1. The number of aromatic amines is 1. The molecule has 0 saturated heterocycles. The van der Waals surface area contributed by atoms with E-state index in [1.54, 1.807) is 0 Å². The zero-order valence-corrected chi connectivity index (χ0v) is 11.4. The fourth-order valence-corrected chi connectivity index (χ4v) is 2.91. The Morgan fingerprint density at radius 1 is 1.05 bits per heavy atom. The number of hydrogen-bond donors (Lipinski definition) is 1. The van der Waals surface area contributed by atoms with Crippen LogP contribution in [0.5, 0.6) is 0 Å². The Morgan fingerprint density at radius 2 is 1.89 bits per heavy atom. The first-order valence-electron chi connectivity index (χ1n) is 5.95. The summed E-state index contributed by atoms with van der Waals surface area (Å²) in [6, 6.07) is 13.8. The standard InChI is InChI=1S/C15H9BrN2O/c16-10-5-6-13-12(7-10)15(19)17-14-11-4-2-1-3-9(11)8-18(13)14/h1-8H,(H,17,19). The van der Waals surface area contributed by atoms with Crippen molar-refractivity contribution in [2.75, 3.05) is 0 Å². The Bertz CT molecular complexity index is 997. The van der Waals surface area contributed by atoms with Crippen LogP contribution in [0.1, 0.15) is 0 Å². The van der Waals surface area contributed by atoms with Crippen molar-refractivity contribution in [3.8, 4) is 0 Å². The average molecular weight is 313 g/mol. The van der Waals surface area contributed by atoms with Gasteiger partial charge in [-0.1, -0.05) is 40.2 Å². The number of nitrogens with zero attached hydrogens (tertiary/aromatic N) is 1. The quantitative estimate of drug-likeness (QED) is 0.528. The molecule has 4 rings (SSSR count). The Balaban J connectivity index is 2.35. The van der Waals surface area contributed by atoms with E-state index in [-0.39, 0.29) is 5.56 Å². The van der Waals surface area contributed by atoms with Gasteiger partial charge in [-0.15, -0.1) is 0 Å². The molecule has 92 valence electrons. The zero-order valence-electron chi connectivity index (χ0n) is 9.85. The van der Waals surface area contributed by atoms with E-state index >= 15 is 0 Å². The summed E-state index contributed by atoms with van der Waals surface area (Å²) in [5, 5.41) is 2.86. The largest absolute Gasteiger partial charge is 0.307 e. The molecule has 0 saturated carbocycles. The molecule has 4 aromatic rings. The zero-order chi connectivity index (χ0) is 13.0. The second-order valence-corrected chi connectivity index (χ2v) is 5.47. The maximum absolute atomic E-state index is 12.2. The molecule has 0 atom stereocenters. The first-order chi connectivity index (χ1) is 9.24. The molecule has 0 fully saturated rings. The van der Waals surface area contributed by atoms with Crippen LogP contribution in [-0.2, 0) is 0 Å². The van der Waals surface area contributed by atoms with Crippen LogP contribution < -0.4 is 5.56 Å². The molecule has 0 spiro atoms.